The van der Waals surface area contributed by atoms with Gasteiger partial charge >= 0.3 is 6.18 Å². The van der Waals surface area contributed by atoms with Gasteiger partial charge in [-0.2, -0.15) is 13.2 Å². The van der Waals surface area contributed by atoms with Crippen LogP contribution < -0.4 is 5.32 Å². The Balaban J connectivity index is 1.82. The van der Waals surface area contributed by atoms with Gasteiger partial charge in [-0.3, -0.25) is 0 Å². The number of pyridine rings is 2. The Morgan fingerprint density at radius 3 is 2.35 bits per heavy atom. The van der Waals surface area contributed by atoms with Crippen molar-refractivity contribution in [3.05, 3.63) is 94.8 Å². The number of phenols is 1. The number of anilines is 1. The maximum Gasteiger partial charge on any atom is 0.416 e. The highest BCUT2D eigenvalue weighted by atomic mass is 19.4. The van der Waals surface area contributed by atoms with Crippen molar-refractivity contribution in [1.29, 1.82) is 0 Å². The molecule has 0 fully saturated rings. The molecule has 0 aliphatic heterocycles. The summed E-state index contributed by atoms with van der Waals surface area (Å²) in [5.41, 5.74) is 2.51. The Morgan fingerprint density at radius 1 is 1.00 bits per heavy atom. The Bertz CT molecular complexity index is 1300. The molecule has 0 aliphatic carbocycles. The average molecular weight is 467 g/mol. The molecule has 2 aromatic carbocycles. The largest absolute Gasteiger partial charge is 0.505 e. The lowest BCUT2D eigenvalue weighted by Gasteiger charge is -2.23. The molecule has 8 heteroatoms. The molecule has 2 N–H and O–H groups in total. The van der Waals surface area contributed by atoms with Gasteiger partial charge in [0.1, 0.15) is 17.1 Å². The number of aromatic hydroxyl groups is 1. The van der Waals surface area contributed by atoms with Crippen molar-refractivity contribution in [2.45, 2.75) is 25.7 Å². The van der Waals surface area contributed by atoms with Crippen LogP contribution in [-0.2, 0) is 12.7 Å². The van der Waals surface area contributed by atoms with Crippen LogP contribution in [0.3, 0.4) is 0 Å². The van der Waals surface area contributed by atoms with Crippen LogP contribution in [0.25, 0.3) is 10.9 Å². The number of alkyl halides is 3. The van der Waals surface area contributed by atoms with Crippen LogP contribution in [0.1, 0.15) is 34.0 Å². The highest BCUT2D eigenvalue weighted by Crippen LogP contribution is 2.38. The minimum Gasteiger partial charge on any atom is -0.505 e. The molecular weight excluding hydrogens is 441 g/mol. The van der Waals surface area contributed by atoms with E-state index in [1.54, 1.807) is 12.3 Å². The molecule has 1 atom stereocenters. The molecule has 0 spiro atoms. The van der Waals surface area contributed by atoms with Gasteiger partial charge in [0.25, 0.3) is 0 Å². The Kier molecular flexibility index (Phi) is 6.43. The predicted octanol–water partition coefficient (Wildman–Crippen LogP) is 5.93. The van der Waals surface area contributed by atoms with Crippen LogP contribution >= 0.6 is 0 Å². The molecule has 2 heterocycles. The van der Waals surface area contributed by atoms with Crippen LogP contribution in [0.4, 0.5) is 19.0 Å². The van der Waals surface area contributed by atoms with Crippen LogP contribution in [0.15, 0.2) is 66.9 Å². The van der Waals surface area contributed by atoms with Gasteiger partial charge in [0.2, 0.25) is 0 Å². The maximum atomic E-state index is 13.1. The molecule has 0 bridgehead atoms. The quantitative estimate of drug-likeness (QED) is 0.369. The molecule has 176 valence electrons. The first-order valence-corrected chi connectivity index (χ1v) is 10.7. The highest BCUT2D eigenvalue weighted by molar-refractivity contribution is 5.86. The Morgan fingerprint density at radius 2 is 1.71 bits per heavy atom. The van der Waals surface area contributed by atoms with E-state index in [-0.39, 0.29) is 5.75 Å². The second-order valence-corrected chi connectivity index (χ2v) is 8.53. The molecule has 0 amide bonds. The molecule has 4 rings (SSSR count). The highest BCUT2D eigenvalue weighted by Gasteiger charge is 2.30. The molecule has 0 unspecified atom stereocenters. The second-order valence-electron chi connectivity index (χ2n) is 8.53. The van der Waals surface area contributed by atoms with E-state index in [0.717, 1.165) is 28.8 Å². The van der Waals surface area contributed by atoms with E-state index in [0.29, 0.717) is 29.0 Å². The average Bonchev–Trinajstić information content (AvgIpc) is 2.78. The Hall–Kier alpha value is -3.65. The maximum absolute atomic E-state index is 13.1. The fraction of sp³-hybridized carbons (Fsp3) is 0.231. The van der Waals surface area contributed by atoms with Crippen molar-refractivity contribution in [2.24, 2.45) is 0 Å². The molecule has 4 aromatic rings. The summed E-state index contributed by atoms with van der Waals surface area (Å²) in [6.45, 7) is 2.52. The number of rotatable bonds is 6. The van der Waals surface area contributed by atoms with Crippen molar-refractivity contribution in [3.63, 3.8) is 0 Å². The van der Waals surface area contributed by atoms with E-state index in [1.807, 2.05) is 56.3 Å². The third-order valence-electron chi connectivity index (χ3n) is 5.49. The van der Waals surface area contributed by atoms with Gasteiger partial charge < -0.3 is 15.3 Å². The number of nitrogens with zero attached hydrogens (tertiary/aromatic N) is 3. The van der Waals surface area contributed by atoms with E-state index in [2.05, 4.69) is 15.3 Å². The third kappa shape index (κ3) is 5.12. The monoisotopic (exact) mass is 466 g/mol. The summed E-state index contributed by atoms with van der Waals surface area (Å²) in [5.74, 6) is 0.516. The molecule has 0 saturated carbocycles. The second kappa shape index (κ2) is 9.30. The summed E-state index contributed by atoms with van der Waals surface area (Å²) in [7, 11) is 3.86. The molecule has 0 saturated heterocycles. The van der Waals surface area contributed by atoms with Crippen molar-refractivity contribution < 1.29 is 18.3 Å². The predicted molar refractivity (Wildman–Crippen MR) is 127 cm³/mol. The van der Waals surface area contributed by atoms with Crippen LogP contribution in [-0.4, -0.2) is 34.1 Å². The van der Waals surface area contributed by atoms with E-state index >= 15 is 0 Å². The lowest BCUT2D eigenvalue weighted by Crippen LogP contribution is -2.15. The lowest BCUT2D eigenvalue weighted by molar-refractivity contribution is -0.137. The number of aryl methyl sites for hydroxylation is 1. The van der Waals surface area contributed by atoms with E-state index in [9.17, 15) is 18.3 Å². The number of aromatic nitrogens is 2. The first-order valence-electron chi connectivity index (χ1n) is 10.7. The minimum atomic E-state index is -4.43. The van der Waals surface area contributed by atoms with Crippen LogP contribution in [0.2, 0.25) is 0 Å². The van der Waals surface area contributed by atoms with Gasteiger partial charge in [-0.1, -0.05) is 30.3 Å². The number of fused-ring (bicyclic) bond motifs is 1. The van der Waals surface area contributed by atoms with Crippen molar-refractivity contribution in [1.82, 2.24) is 14.9 Å². The zero-order chi connectivity index (χ0) is 24.5. The smallest absolute Gasteiger partial charge is 0.416 e. The van der Waals surface area contributed by atoms with Crippen molar-refractivity contribution in [3.8, 4) is 5.75 Å². The van der Waals surface area contributed by atoms with Crippen LogP contribution in [0.5, 0.6) is 5.75 Å². The van der Waals surface area contributed by atoms with Crippen molar-refractivity contribution in [2.75, 3.05) is 19.4 Å². The third-order valence-corrected chi connectivity index (χ3v) is 5.49. The molecule has 34 heavy (non-hydrogen) atoms. The lowest BCUT2D eigenvalue weighted by atomic mass is 9.95. The van der Waals surface area contributed by atoms with Crippen LogP contribution in [0, 0.1) is 6.92 Å². The fourth-order valence-corrected chi connectivity index (χ4v) is 3.84. The summed E-state index contributed by atoms with van der Waals surface area (Å²) in [6.07, 6.45) is -2.78. The fourth-order valence-electron chi connectivity index (χ4n) is 3.84. The number of nitrogens with one attached hydrogen (secondary N) is 1. The first-order chi connectivity index (χ1) is 16.1. The summed E-state index contributed by atoms with van der Waals surface area (Å²) in [4.78, 5) is 10.9. The van der Waals surface area contributed by atoms with Gasteiger partial charge in [-0.25, -0.2) is 9.97 Å². The summed E-state index contributed by atoms with van der Waals surface area (Å²) < 4.78 is 39.4. The number of benzene rings is 2. The normalized spacial score (nSPS) is 12.8. The van der Waals surface area contributed by atoms with E-state index < -0.39 is 17.8 Å². The molecule has 0 radical (unpaired) electrons. The number of hydrogen-bond acceptors (Lipinski definition) is 5. The van der Waals surface area contributed by atoms with Gasteiger partial charge in [-0.05, 0) is 62.5 Å². The van der Waals surface area contributed by atoms with Gasteiger partial charge in [0.15, 0.2) is 0 Å². The van der Waals surface area contributed by atoms with Gasteiger partial charge in [-0.15, -0.1) is 0 Å². The number of hydrogen-bond donors (Lipinski definition) is 2. The van der Waals surface area contributed by atoms with E-state index in [4.69, 9.17) is 0 Å². The standard InChI is InChI=1S/C26H25F3N4O/c1-16-12-13-30-22(14-16)32-23(17-4-8-19(9-5-17)26(27,28)29)21-11-7-18-6-10-20(15-33(2)3)31-24(18)25(21)34/h4-14,23,34H,15H2,1-3H3,(H,30,32)/t23-/m0/s1. The van der Waals surface area contributed by atoms with Crippen molar-refractivity contribution >= 4 is 16.7 Å². The molecule has 0 aliphatic rings. The zero-order valence-electron chi connectivity index (χ0n) is 19.1. The number of phenolic OH excluding ortho intramolecular Hbond substituents is 1. The minimum absolute atomic E-state index is 0.0249. The molecule has 5 nitrogen and oxygen atoms in total. The SMILES string of the molecule is Cc1ccnc(N[C@@H](c2ccc(C(F)(F)F)cc2)c2ccc3ccc(CN(C)C)nc3c2O)c1. The summed E-state index contributed by atoms with van der Waals surface area (Å²) in [5, 5.41) is 15.3. The Labute approximate surface area is 195 Å². The summed E-state index contributed by atoms with van der Waals surface area (Å²) in [6, 6.07) is 15.3. The first kappa shape index (κ1) is 23.5. The number of halogens is 3. The van der Waals surface area contributed by atoms with E-state index in [1.165, 1.54) is 12.1 Å². The summed E-state index contributed by atoms with van der Waals surface area (Å²) >= 11 is 0. The molecule has 2 aromatic heterocycles. The van der Waals surface area contributed by atoms with Gasteiger partial charge in [0.05, 0.1) is 17.3 Å². The van der Waals surface area contributed by atoms with Gasteiger partial charge in [0, 0.05) is 23.7 Å². The topological polar surface area (TPSA) is 61.3 Å². The molecular formula is C26H25F3N4O. The zero-order valence-corrected chi connectivity index (χ0v) is 19.1.